The van der Waals surface area contributed by atoms with Gasteiger partial charge in [0.1, 0.15) is 0 Å². The molecule has 1 aromatic heterocycles. The second kappa shape index (κ2) is 6.98. The van der Waals surface area contributed by atoms with Crippen molar-refractivity contribution in [1.82, 2.24) is 9.55 Å². The first-order chi connectivity index (χ1) is 9.31. The van der Waals surface area contributed by atoms with E-state index in [0.717, 1.165) is 6.54 Å². The number of imidazole rings is 1. The van der Waals surface area contributed by atoms with Gasteiger partial charge in [-0.1, -0.05) is 32.4 Å². The molecule has 1 unspecified atom stereocenters. The molecule has 1 atom stereocenters. The van der Waals surface area contributed by atoms with Crippen LogP contribution < -0.4 is 5.32 Å². The number of benzene rings is 1. The molecule has 3 heteroatoms. The summed E-state index contributed by atoms with van der Waals surface area (Å²) in [5.41, 5.74) is 2.52. The average Bonchev–Trinajstić information content (AvgIpc) is 2.91. The highest BCUT2D eigenvalue weighted by molar-refractivity contribution is 5.46. The van der Waals surface area contributed by atoms with Crippen molar-refractivity contribution in [2.45, 2.75) is 45.7 Å². The third-order valence-corrected chi connectivity index (χ3v) is 3.35. The molecule has 0 bridgehead atoms. The normalized spacial score (nSPS) is 12.3. The highest BCUT2D eigenvalue weighted by Gasteiger charge is 2.05. The third-order valence-electron chi connectivity index (χ3n) is 3.35. The van der Waals surface area contributed by atoms with E-state index in [4.69, 9.17) is 0 Å². The number of anilines is 1. The molecule has 0 radical (unpaired) electrons. The molecule has 0 saturated heterocycles. The second-order valence-electron chi connectivity index (χ2n) is 4.97. The maximum absolute atomic E-state index is 4.07. The van der Waals surface area contributed by atoms with Crippen LogP contribution in [0.25, 0.3) is 0 Å². The van der Waals surface area contributed by atoms with Crippen LogP contribution in [0.2, 0.25) is 0 Å². The zero-order valence-electron chi connectivity index (χ0n) is 11.8. The SMILES string of the molecule is CCCC(CC)Nc1cccc(Cn2ccnc2)c1. The van der Waals surface area contributed by atoms with Crippen LogP contribution in [-0.2, 0) is 6.54 Å². The predicted molar refractivity (Wildman–Crippen MR) is 80.4 cm³/mol. The largest absolute Gasteiger partial charge is 0.382 e. The third kappa shape index (κ3) is 4.12. The minimum atomic E-state index is 0.577. The number of hydrogen-bond donors (Lipinski definition) is 1. The van der Waals surface area contributed by atoms with E-state index in [9.17, 15) is 0 Å². The molecule has 0 aliphatic carbocycles. The minimum absolute atomic E-state index is 0.577. The number of aromatic nitrogens is 2. The standard InChI is InChI=1S/C16H23N3/c1-3-6-15(4-2)18-16-8-5-7-14(11-16)12-19-10-9-17-13-19/h5,7-11,13,15,18H,3-4,6,12H2,1-2H3. The molecule has 1 heterocycles. The fourth-order valence-corrected chi connectivity index (χ4v) is 2.31. The number of nitrogens with one attached hydrogen (secondary N) is 1. The molecular weight excluding hydrogens is 234 g/mol. The van der Waals surface area contributed by atoms with Gasteiger partial charge < -0.3 is 9.88 Å². The predicted octanol–water partition coefficient (Wildman–Crippen LogP) is 3.92. The smallest absolute Gasteiger partial charge is 0.0949 e. The van der Waals surface area contributed by atoms with E-state index >= 15 is 0 Å². The first-order valence-electron chi connectivity index (χ1n) is 7.13. The van der Waals surface area contributed by atoms with Gasteiger partial charge >= 0.3 is 0 Å². The Labute approximate surface area is 115 Å². The molecule has 1 aromatic carbocycles. The van der Waals surface area contributed by atoms with Gasteiger partial charge in [0, 0.05) is 30.7 Å². The van der Waals surface area contributed by atoms with Gasteiger partial charge in [0.2, 0.25) is 0 Å². The van der Waals surface area contributed by atoms with Gasteiger partial charge in [-0.25, -0.2) is 4.98 Å². The van der Waals surface area contributed by atoms with Crippen molar-refractivity contribution in [1.29, 1.82) is 0 Å². The highest BCUT2D eigenvalue weighted by Crippen LogP contribution is 2.15. The molecule has 2 aromatic rings. The fraction of sp³-hybridized carbons (Fsp3) is 0.438. The Kier molecular flexibility index (Phi) is 5.01. The molecule has 0 saturated carbocycles. The van der Waals surface area contributed by atoms with Crippen LogP contribution in [0.3, 0.4) is 0 Å². The Morgan fingerprint density at radius 1 is 1.32 bits per heavy atom. The Morgan fingerprint density at radius 3 is 2.89 bits per heavy atom. The Balaban J connectivity index is 2.02. The maximum atomic E-state index is 4.07. The molecule has 0 aliphatic heterocycles. The molecule has 19 heavy (non-hydrogen) atoms. The zero-order valence-corrected chi connectivity index (χ0v) is 11.8. The van der Waals surface area contributed by atoms with E-state index in [-0.39, 0.29) is 0 Å². The van der Waals surface area contributed by atoms with Crippen LogP contribution in [0.4, 0.5) is 5.69 Å². The Bertz CT molecular complexity index is 476. The Hall–Kier alpha value is -1.77. The van der Waals surface area contributed by atoms with Gasteiger partial charge in [-0.05, 0) is 30.5 Å². The van der Waals surface area contributed by atoms with Crippen molar-refractivity contribution in [3.8, 4) is 0 Å². The van der Waals surface area contributed by atoms with Crippen molar-refractivity contribution >= 4 is 5.69 Å². The van der Waals surface area contributed by atoms with Crippen LogP contribution in [0.5, 0.6) is 0 Å². The summed E-state index contributed by atoms with van der Waals surface area (Å²) in [6.45, 7) is 5.35. The van der Waals surface area contributed by atoms with Gasteiger partial charge in [0.15, 0.2) is 0 Å². The van der Waals surface area contributed by atoms with E-state index in [2.05, 4.69) is 53.0 Å². The summed E-state index contributed by atoms with van der Waals surface area (Å²) in [5.74, 6) is 0. The van der Waals surface area contributed by atoms with Crippen LogP contribution in [0.1, 0.15) is 38.7 Å². The van der Waals surface area contributed by atoms with E-state index in [0.29, 0.717) is 6.04 Å². The summed E-state index contributed by atoms with van der Waals surface area (Å²) < 4.78 is 2.09. The molecule has 2 rings (SSSR count). The van der Waals surface area contributed by atoms with Crippen LogP contribution in [-0.4, -0.2) is 15.6 Å². The molecule has 0 aliphatic rings. The number of hydrogen-bond acceptors (Lipinski definition) is 2. The van der Waals surface area contributed by atoms with Crippen molar-refractivity contribution in [2.24, 2.45) is 0 Å². The zero-order chi connectivity index (χ0) is 13.5. The lowest BCUT2D eigenvalue weighted by atomic mass is 10.1. The topological polar surface area (TPSA) is 29.9 Å². The highest BCUT2D eigenvalue weighted by atomic mass is 15.0. The summed E-state index contributed by atoms with van der Waals surface area (Å²) in [4.78, 5) is 4.07. The summed E-state index contributed by atoms with van der Waals surface area (Å²) in [6, 6.07) is 9.24. The van der Waals surface area contributed by atoms with Crippen molar-refractivity contribution in [2.75, 3.05) is 5.32 Å². The molecule has 0 fully saturated rings. The number of rotatable bonds is 7. The molecule has 0 amide bonds. The second-order valence-corrected chi connectivity index (χ2v) is 4.97. The Morgan fingerprint density at radius 2 is 2.21 bits per heavy atom. The molecule has 3 nitrogen and oxygen atoms in total. The lowest BCUT2D eigenvalue weighted by molar-refractivity contribution is 0.622. The molecular formula is C16H23N3. The van der Waals surface area contributed by atoms with Gasteiger partial charge in [-0.15, -0.1) is 0 Å². The monoisotopic (exact) mass is 257 g/mol. The summed E-state index contributed by atoms with van der Waals surface area (Å²) in [6.07, 6.45) is 9.27. The van der Waals surface area contributed by atoms with E-state index in [1.165, 1.54) is 30.5 Å². The van der Waals surface area contributed by atoms with Gasteiger partial charge in [-0.3, -0.25) is 0 Å². The fourth-order valence-electron chi connectivity index (χ4n) is 2.31. The van der Waals surface area contributed by atoms with E-state index < -0.39 is 0 Å². The van der Waals surface area contributed by atoms with Crippen molar-refractivity contribution in [3.63, 3.8) is 0 Å². The molecule has 0 spiro atoms. The first-order valence-corrected chi connectivity index (χ1v) is 7.13. The van der Waals surface area contributed by atoms with E-state index in [1.807, 2.05) is 18.7 Å². The maximum Gasteiger partial charge on any atom is 0.0949 e. The minimum Gasteiger partial charge on any atom is -0.382 e. The van der Waals surface area contributed by atoms with Gasteiger partial charge in [0.25, 0.3) is 0 Å². The van der Waals surface area contributed by atoms with Crippen molar-refractivity contribution in [3.05, 3.63) is 48.5 Å². The van der Waals surface area contributed by atoms with Gasteiger partial charge in [-0.2, -0.15) is 0 Å². The molecule has 1 N–H and O–H groups in total. The summed E-state index contributed by atoms with van der Waals surface area (Å²) >= 11 is 0. The molecule has 102 valence electrons. The van der Waals surface area contributed by atoms with E-state index in [1.54, 1.807) is 0 Å². The lowest BCUT2D eigenvalue weighted by Crippen LogP contribution is -2.18. The van der Waals surface area contributed by atoms with Crippen LogP contribution in [0.15, 0.2) is 43.0 Å². The van der Waals surface area contributed by atoms with Gasteiger partial charge in [0.05, 0.1) is 6.33 Å². The first kappa shape index (κ1) is 13.7. The number of nitrogens with zero attached hydrogens (tertiary/aromatic N) is 2. The summed E-state index contributed by atoms with van der Waals surface area (Å²) in [7, 11) is 0. The van der Waals surface area contributed by atoms with Crippen molar-refractivity contribution < 1.29 is 0 Å². The van der Waals surface area contributed by atoms with Crippen LogP contribution in [0, 0.1) is 0 Å². The summed E-state index contributed by atoms with van der Waals surface area (Å²) in [5, 5.41) is 3.62. The average molecular weight is 257 g/mol. The quantitative estimate of drug-likeness (QED) is 0.814. The lowest BCUT2D eigenvalue weighted by Gasteiger charge is -2.18. The van der Waals surface area contributed by atoms with Crippen LogP contribution >= 0.6 is 0 Å².